The highest BCUT2D eigenvalue weighted by Gasteiger charge is 2.14. The number of rotatable bonds is 5. The molecule has 1 unspecified atom stereocenters. The lowest BCUT2D eigenvalue weighted by Gasteiger charge is -2.11. The van der Waals surface area contributed by atoms with Gasteiger partial charge in [0, 0.05) is 11.0 Å². The standard InChI is InChI=1S/C15H16BrNO3/c1-10(13-7-8-14(20-13)15(18)19-2)17-9-11-3-5-12(16)6-4-11/h3-8,10,17H,9H2,1-2H3. The van der Waals surface area contributed by atoms with E-state index in [1.165, 1.54) is 12.7 Å². The fourth-order valence-corrected chi connectivity index (χ4v) is 2.03. The third kappa shape index (κ3) is 3.71. The van der Waals surface area contributed by atoms with Gasteiger partial charge in [0.05, 0.1) is 13.2 Å². The second-order valence-electron chi connectivity index (χ2n) is 4.42. The summed E-state index contributed by atoms with van der Waals surface area (Å²) in [5.41, 5.74) is 1.18. The number of carbonyl (C=O) groups is 1. The summed E-state index contributed by atoms with van der Waals surface area (Å²) in [5.74, 6) is 0.471. The largest absolute Gasteiger partial charge is 0.463 e. The minimum Gasteiger partial charge on any atom is -0.463 e. The topological polar surface area (TPSA) is 51.5 Å². The lowest BCUT2D eigenvalue weighted by atomic mass is 10.2. The molecule has 2 aromatic rings. The van der Waals surface area contributed by atoms with Crippen molar-refractivity contribution in [3.05, 3.63) is 58.0 Å². The van der Waals surface area contributed by atoms with Crippen molar-refractivity contribution in [2.75, 3.05) is 7.11 Å². The van der Waals surface area contributed by atoms with E-state index in [0.717, 1.165) is 11.0 Å². The molecule has 1 heterocycles. The first kappa shape index (κ1) is 14.8. The van der Waals surface area contributed by atoms with Gasteiger partial charge < -0.3 is 14.5 Å². The Morgan fingerprint density at radius 3 is 2.65 bits per heavy atom. The van der Waals surface area contributed by atoms with Crippen molar-refractivity contribution < 1.29 is 13.9 Å². The molecule has 0 aliphatic rings. The summed E-state index contributed by atoms with van der Waals surface area (Å²) >= 11 is 3.41. The molecule has 1 N–H and O–H groups in total. The van der Waals surface area contributed by atoms with Crippen molar-refractivity contribution in [2.45, 2.75) is 19.5 Å². The van der Waals surface area contributed by atoms with Gasteiger partial charge in [0.2, 0.25) is 5.76 Å². The summed E-state index contributed by atoms with van der Waals surface area (Å²) in [4.78, 5) is 11.3. The van der Waals surface area contributed by atoms with E-state index in [-0.39, 0.29) is 11.8 Å². The van der Waals surface area contributed by atoms with Crippen molar-refractivity contribution in [3.8, 4) is 0 Å². The Hall–Kier alpha value is -1.59. The number of hydrogen-bond donors (Lipinski definition) is 1. The number of methoxy groups -OCH3 is 1. The Morgan fingerprint density at radius 1 is 1.30 bits per heavy atom. The van der Waals surface area contributed by atoms with E-state index in [1.54, 1.807) is 12.1 Å². The average Bonchev–Trinajstić information content (AvgIpc) is 2.95. The van der Waals surface area contributed by atoms with Gasteiger partial charge >= 0.3 is 5.97 Å². The summed E-state index contributed by atoms with van der Waals surface area (Å²) < 4.78 is 11.1. The molecule has 2 rings (SSSR count). The van der Waals surface area contributed by atoms with E-state index in [1.807, 2.05) is 31.2 Å². The number of hydrogen-bond acceptors (Lipinski definition) is 4. The fourth-order valence-electron chi connectivity index (χ4n) is 1.77. The van der Waals surface area contributed by atoms with E-state index >= 15 is 0 Å². The maximum Gasteiger partial charge on any atom is 0.373 e. The number of nitrogens with one attached hydrogen (secondary N) is 1. The molecule has 0 spiro atoms. The third-order valence-electron chi connectivity index (χ3n) is 2.97. The van der Waals surface area contributed by atoms with Crippen molar-refractivity contribution >= 4 is 21.9 Å². The van der Waals surface area contributed by atoms with Crippen LogP contribution in [0.2, 0.25) is 0 Å². The molecule has 1 aromatic carbocycles. The molecular formula is C15H16BrNO3. The molecule has 20 heavy (non-hydrogen) atoms. The highest BCUT2D eigenvalue weighted by Crippen LogP contribution is 2.18. The highest BCUT2D eigenvalue weighted by molar-refractivity contribution is 9.10. The Balaban J connectivity index is 1.94. The van der Waals surface area contributed by atoms with Crippen LogP contribution < -0.4 is 5.32 Å². The Labute approximate surface area is 126 Å². The predicted molar refractivity (Wildman–Crippen MR) is 79.4 cm³/mol. The Kier molecular flexibility index (Phi) is 4.98. The lowest BCUT2D eigenvalue weighted by Crippen LogP contribution is -2.17. The third-order valence-corrected chi connectivity index (χ3v) is 3.49. The van der Waals surface area contributed by atoms with Crippen LogP contribution in [0.15, 0.2) is 45.3 Å². The van der Waals surface area contributed by atoms with Crippen LogP contribution in [0.5, 0.6) is 0 Å². The maximum atomic E-state index is 11.3. The molecule has 0 aliphatic carbocycles. The Bertz CT molecular complexity index is 577. The van der Waals surface area contributed by atoms with Gasteiger partial charge in [-0.25, -0.2) is 4.79 Å². The molecule has 0 aliphatic heterocycles. The first-order valence-electron chi connectivity index (χ1n) is 6.26. The van der Waals surface area contributed by atoms with Gasteiger partial charge in [-0.05, 0) is 36.8 Å². The summed E-state index contributed by atoms with van der Waals surface area (Å²) in [6.07, 6.45) is 0. The zero-order valence-electron chi connectivity index (χ0n) is 11.4. The summed E-state index contributed by atoms with van der Waals surface area (Å²) in [5, 5.41) is 3.34. The first-order chi connectivity index (χ1) is 9.60. The second-order valence-corrected chi connectivity index (χ2v) is 5.34. The number of benzene rings is 1. The minimum atomic E-state index is -0.462. The molecule has 106 valence electrons. The van der Waals surface area contributed by atoms with E-state index in [4.69, 9.17) is 4.42 Å². The zero-order chi connectivity index (χ0) is 14.5. The molecule has 4 nitrogen and oxygen atoms in total. The van der Waals surface area contributed by atoms with Gasteiger partial charge in [-0.3, -0.25) is 0 Å². The molecule has 1 atom stereocenters. The Morgan fingerprint density at radius 2 is 2.00 bits per heavy atom. The fraction of sp³-hybridized carbons (Fsp3) is 0.267. The molecule has 5 heteroatoms. The molecule has 0 fully saturated rings. The lowest BCUT2D eigenvalue weighted by molar-refractivity contribution is 0.0562. The van der Waals surface area contributed by atoms with Crippen LogP contribution in [0.4, 0.5) is 0 Å². The number of ether oxygens (including phenoxy) is 1. The molecule has 0 saturated carbocycles. The van der Waals surface area contributed by atoms with Crippen molar-refractivity contribution in [3.63, 3.8) is 0 Å². The molecule has 0 radical (unpaired) electrons. The van der Waals surface area contributed by atoms with Crippen LogP contribution in [0.25, 0.3) is 0 Å². The number of furan rings is 1. The smallest absolute Gasteiger partial charge is 0.373 e. The maximum absolute atomic E-state index is 11.3. The van der Waals surface area contributed by atoms with Crippen molar-refractivity contribution in [1.29, 1.82) is 0 Å². The number of halogens is 1. The highest BCUT2D eigenvalue weighted by atomic mass is 79.9. The molecular weight excluding hydrogens is 322 g/mol. The minimum absolute atomic E-state index is 0.0112. The van der Waals surface area contributed by atoms with Crippen LogP contribution in [0.1, 0.15) is 34.8 Å². The molecule has 1 aromatic heterocycles. The van der Waals surface area contributed by atoms with Crippen LogP contribution in [0, 0.1) is 0 Å². The average molecular weight is 338 g/mol. The van der Waals surface area contributed by atoms with E-state index in [9.17, 15) is 4.79 Å². The van der Waals surface area contributed by atoms with Gasteiger partial charge in [-0.1, -0.05) is 28.1 Å². The van der Waals surface area contributed by atoms with E-state index in [2.05, 4.69) is 26.0 Å². The normalized spacial score (nSPS) is 12.2. The summed E-state index contributed by atoms with van der Waals surface area (Å²) in [6.45, 7) is 2.71. The van der Waals surface area contributed by atoms with Crippen molar-refractivity contribution in [1.82, 2.24) is 5.32 Å². The quantitative estimate of drug-likeness (QED) is 0.845. The van der Waals surface area contributed by atoms with E-state index in [0.29, 0.717) is 5.76 Å². The van der Waals surface area contributed by atoms with Gasteiger partial charge in [0.1, 0.15) is 5.76 Å². The zero-order valence-corrected chi connectivity index (χ0v) is 12.9. The van der Waals surface area contributed by atoms with Gasteiger partial charge in [0.15, 0.2) is 0 Å². The second kappa shape index (κ2) is 6.72. The first-order valence-corrected chi connectivity index (χ1v) is 7.05. The van der Waals surface area contributed by atoms with E-state index < -0.39 is 5.97 Å². The number of esters is 1. The molecule has 0 amide bonds. The van der Waals surface area contributed by atoms with Crippen LogP contribution in [0.3, 0.4) is 0 Å². The molecule has 0 bridgehead atoms. The molecule has 0 saturated heterocycles. The summed E-state index contributed by atoms with van der Waals surface area (Å²) in [6, 6.07) is 11.5. The van der Waals surface area contributed by atoms with Crippen LogP contribution in [-0.2, 0) is 11.3 Å². The van der Waals surface area contributed by atoms with Gasteiger partial charge in [-0.15, -0.1) is 0 Å². The van der Waals surface area contributed by atoms with Crippen molar-refractivity contribution in [2.24, 2.45) is 0 Å². The summed E-state index contributed by atoms with van der Waals surface area (Å²) in [7, 11) is 1.33. The monoisotopic (exact) mass is 337 g/mol. The van der Waals surface area contributed by atoms with Gasteiger partial charge in [-0.2, -0.15) is 0 Å². The van der Waals surface area contributed by atoms with Crippen LogP contribution in [-0.4, -0.2) is 13.1 Å². The SMILES string of the molecule is COC(=O)c1ccc(C(C)NCc2ccc(Br)cc2)o1. The predicted octanol–water partition coefficient (Wildman–Crippen LogP) is 3.68. The van der Waals surface area contributed by atoms with Crippen LogP contribution >= 0.6 is 15.9 Å². The number of carbonyl (C=O) groups excluding carboxylic acids is 1. The van der Waals surface area contributed by atoms with Gasteiger partial charge in [0.25, 0.3) is 0 Å².